The smallest absolute Gasteiger partial charge is 0.113 e. The molecule has 0 radical (unpaired) electrons. The fourth-order valence-electron chi connectivity index (χ4n) is 1.30. The third-order valence-corrected chi connectivity index (χ3v) is 3.19. The van der Waals surface area contributed by atoms with Crippen molar-refractivity contribution in [2.24, 2.45) is 0 Å². The van der Waals surface area contributed by atoms with Gasteiger partial charge in [0.1, 0.15) is 5.01 Å². The lowest BCUT2D eigenvalue weighted by molar-refractivity contribution is 0.0658. The Balaban J connectivity index is 2.35. The normalized spacial score (nSPS) is 13.3. The summed E-state index contributed by atoms with van der Waals surface area (Å²) in [6.07, 6.45) is 0. The highest BCUT2D eigenvalue weighted by atomic mass is 32.1. The van der Waals surface area contributed by atoms with Crippen LogP contribution in [0.5, 0.6) is 0 Å². The van der Waals surface area contributed by atoms with Gasteiger partial charge in [0.15, 0.2) is 0 Å². The van der Waals surface area contributed by atoms with E-state index >= 15 is 0 Å². The molecule has 4 heteroatoms. The van der Waals surface area contributed by atoms with Crippen LogP contribution in [0.3, 0.4) is 0 Å². The van der Waals surface area contributed by atoms with E-state index in [1.54, 1.807) is 18.4 Å². The number of rotatable bonds is 3. The zero-order chi connectivity index (χ0) is 9.97. The van der Waals surface area contributed by atoms with Crippen LogP contribution in [-0.2, 0) is 4.84 Å². The topological polar surface area (TPSA) is 34.1 Å². The molecule has 0 bridgehead atoms. The van der Waals surface area contributed by atoms with Gasteiger partial charge in [-0.05, 0) is 19.1 Å². The molecule has 0 aliphatic carbocycles. The second-order valence-corrected chi connectivity index (χ2v) is 4.13. The van der Waals surface area contributed by atoms with Gasteiger partial charge in [-0.2, -0.15) is 5.48 Å². The number of para-hydroxylation sites is 1. The van der Waals surface area contributed by atoms with Gasteiger partial charge < -0.3 is 4.84 Å². The van der Waals surface area contributed by atoms with Crippen LogP contribution in [0.1, 0.15) is 18.0 Å². The predicted molar refractivity (Wildman–Crippen MR) is 58.2 cm³/mol. The molecule has 2 aromatic rings. The molecule has 0 saturated heterocycles. The van der Waals surface area contributed by atoms with Gasteiger partial charge in [0, 0.05) is 0 Å². The second kappa shape index (κ2) is 4.04. The molecular weight excluding hydrogens is 196 g/mol. The van der Waals surface area contributed by atoms with Crippen LogP contribution in [-0.4, -0.2) is 12.1 Å². The Morgan fingerprint density at radius 2 is 2.21 bits per heavy atom. The monoisotopic (exact) mass is 208 g/mol. The lowest BCUT2D eigenvalue weighted by atomic mass is 10.3. The third kappa shape index (κ3) is 1.77. The molecule has 0 aliphatic rings. The summed E-state index contributed by atoms with van der Waals surface area (Å²) in [5.41, 5.74) is 3.92. The SMILES string of the molecule is CONC(C)c1nc2ccccc2s1. The van der Waals surface area contributed by atoms with Gasteiger partial charge in [0.25, 0.3) is 0 Å². The van der Waals surface area contributed by atoms with E-state index in [1.807, 2.05) is 25.1 Å². The van der Waals surface area contributed by atoms with Gasteiger partial charge in [-0.25, -0.2) is 4.98 Å². The molecule has 1 unspecified atom stereocenters. The Labute approximate surface area is 86.7 Å². The van der Waals surface area contributed by atoms with Gasteiger partial charge in [-0.15, -0.1) is 11.3 Å². The van der Waals surface area contributed by atoms with Crippen molar-refractivity contribution in [1.82, 2.24) is 10.5 Å². The zero-order valence-electron chi connectivity index (χ0n) is 8.15. The molecule has 0 amide bonds. The summed E-state index contributed by atoms with van der Waals surface area (Å²) in [6, 6.07) is 8.27. The lowest BCUT2D eigenvalue weighted by Gasteiger charge is -2.06. The molecule has 1 heterocycles. The number of thiazole rings is 1. The highest BCUT2D eigenvalue weighted by Gasteiger charge is 2.09. The van der Waals surface area contributed by atoms with Crippen molar-refractivity contribution in [3.8, 4) is 0 Å². The van der Waals surface area contributed by atoms with E-state index in [0.717, 1.165) is 10.5 Å². The molecule has 1 N–H and O–H groups in total. The van der Waals surface area contributed by atoms with Crippen LogP contribution in [0.4, 0.5) is 0 Å². The highest BCUT2D eigenvalue weighted by molar-refractivity contribution is 7.18. The summed E-state index contributed by atoms with van der Waals surface area (Å²) in [6.45, 7) is 2.03. The van der Waals surface area contributed by atoms with E-state index in [2.05, 4.69) is 16.5 Å². The van der Waals surface area contributed by atoms with Crippen molar-refractivity contribution in [3.05, 3.63) is 29.3 Å². The second-order valence-electron chi connectivity index (χ2n) is 3.06. The van der Waals surface area contributed by atoms with Gasteiger partial charge in [0.05, 0.1) is 23.4 Å². The number of aromatic nitrogens is 1. The molecule has 1 aromatic heterocycles. The molecular formula is C10H12N2OS. The Bertz CT molecular complexity index is 394. The minimum absolute atomic E-state index is 0.136. The summed E-state index contributed by atoms with van der Waals surface area (Å²) in [7, 11) is 1.61. The quantitative estimate of drug-likeness (QED) is 0.787. The fraction of sp³-hybridized carbons (Fsp3) is 0.300. The summed E-state index contributed by atoms with van der Waals surface area (Å²) in [4.78, 5) is 9.38. The lowest BCUT2D eigenvalue weighted by Crippen LogP contribution is -2.16. The van der Waals surface area contributed by atoms with Gasteiger partial charge in [-0.1, -0.05) is 12.1 Å². The minimum atomic E-state index is 0.136. The predicted octanol–water partition coefficient (Wildman–Crippen LogP) is 2.51. The average Bonchev–Trinajstić information content (AvgIpc) is 2.61. The molecule has 0 aliphatic heterocycles. The third-order valence-electron chi connectivity index (χ3n) is 1.98. The van der Waals surface area contributed by atoms with Crippen molar-refractivity contribution in [2.45, 2.75) is 13.0 Å². The number of hydrogen-bond acceptors (Lipinski definition) is 4. The minimum Gasteiger partial charge on any atom is -0.304 e. The average molecular weight is 208 g/mol. The molecule has 0 saturated carbocycles. The van der Waals surface area contributed by atoms with E-state index < -0.39 is 0 Å². The molecule has 74 valence electrons. The van der Waals surface area contributed by atoms with Crippen LogP contribution in [0.25, 0.3) is 10.2 Å². The maximum atomic E-state index is 4.87. The highest BCUT2D eigenvalue weighted by Crippen LogP contribution is 2.25. The van der Waals surface area contributed by atoms with Crippen LogP contribution in [0.15, 0.2) is 24.3 Å². The van der Waals surface area contributed by atoms with Crippen LogP contribution < -0.4 is 5.48 Å². The van der Waals surface area contributed by atoms with Gasteiger partial charge in [0.2, 0.25) is 0 Å². The fourth-order valence-corrected chi connectivity index (χ4v) is 2.26. The molecule has 2 rings (SSSR count). The number of benzene rings is 1. The van der Waals surface area contributed by atoms with Crippen molar-refractivity contribution in [1.29, 1.82) is 0 Å². The maximum absolute atomic E-state index is 4.87. The Kier molecular flexibility index (Phi) is 2.77. The van der Waals surface area contributed by atoms with Gasteiger partial charge in [-0.3, -0.25) is 0 Å². The number of nitrogens with one attached hydrogen (secondary N) is 1. The van der Waals surface area contributed by atoms with E-state index in [1.165, 1.54) is 4.70 Å². The molecule has 1 aromatic carbocycles. The van der Waals surface area contributed by atoms with E-state index in [0.29, 0.717) is 0 Å². The van der Waals surface area contributed by atoms with Crippen LogP contribution >= 0.6 is 11.3 Å². The Morgan fingerprint density at radius 1 is 1.43 bits per heavy atom. The number of nitrogens with zero attached hydrogens (tertiary/aromatic N) is 1. The first-order valence-corrected chi connectivity index (χ1v) is 5.27. The molecule has 0 spiro atoms. The largest absolute Gasteiger partial charge is 0.304 e. The summed E-state index contributed by atoms with van der Waals surface area (Å²) >= 11 is 1.69. The standard InChI is InChI=1S/C10H12N2OS/c1-7(12-13-2)10-11-8-5-3-4-6-9(8)14-10/h3-7,12H,1-2H3. The number of hydroxylamine groups is 1. The van der Waals surface area contributed by atoms with Gasteiger partial charge >= 0.3 is 0 Å². The summed E-state index contributed by atoms with van der Waals surface area (Å²) < 4.78 is 1.22. The molecule has 14 heavy (non-hydrogen) atoms. The maximum Gasteiger partial charge on any atom is 0.113 e. The zero-order valence-corrected chi connectivity index (χ0v) is 8.97. The summed E-state index contributed by atoms with van der Waals surface area (Å²) in [5.74, 6) is 0. The number of hydrogen-bond donors (Lipinski definition) is 1. The van der Waals surface area contributed by atoms with E-state index in [-0.39, 0.29) is 6.04 Å². The van der Waals surface area contributed by atoms with Crippen molar-refractivity contribution in [3.63, 3.8) is 0 Å². The van der Waals surface area contributed by atoms with Crippen molar-refractivity contribution >= 4 is 21.6 Å². The first-order valence-electron chi connectivity index (χ1n) is 4.45. The van der Waals surface area contributed by atoms with E-state index in [9.17, 15) is 0 Å². The molecule has 3 nitrogen and oxygen atoms in total. The number of fused-ring (bicyclic) bond motifs is 1. The first-order chi connectivity index (χ1) is 6.81. The van der Waals surface area contributed by atoms with Crippen molar-refractivity contribution in [2.75, 3.05) is 7.11 Å². The molecule has 1 atom stereocenters. The first kappa shape index (κ1) is 9.58. The Hall–Kier alpha value is -0.970. The van der Waals surface area contributed by atoms with Crippen molar-refractivity contribution < 1.29 is 4.84 Å². The Morgan fingerprint density at radius 3 is 2.93 bits per heavy atom. The van der Waals surface area contributed by atoms with Crippen LogP contribution in [0.2, 0.25) is 0 Å². The van der Waals surface area contributed by atoms with Crippen LogP contribution in [0, 0.1) is 0 Å². The molecule has 0 fully saturated rings. The van der Waals surface area contributed by atoms with E-state index in [4.69, 9.17) is 4.84 Å². The summed E-state index contributed by atoms with van der Waals surface area (Å²) in [5, 5.41) is 1.05.